The molecule has 1 fully saturated rings. The molecule has 3 aliphatic carbocycles. The van der Waals surface area contributed by atoms with Crippen LogP contribution in [0, 0.1) is 5.92 Å². The van der Waals surface area contributed by atoms with Gasteiger partial charge in [-0.3, -0.25) is 4.79 Å². The lowest BCUT2D eigenvalue weighted by Gasteiger charge is -2.29. The van der Waals surface area contributed by atoms with Crippen molar-refractivity contribution in [3.8, 4) is 0 Å². The van der Waals surface area contributed by atoms with Crippen molar-refractivity contribution in [3.63, 3.8) is 0 Å². The maximum absolute atomic E-state index is 14.0. The maximum atomic E-state index is 14.0. The highest BCUT2D eigenvalue weighted by molar-refractivity contribution is 7.92. The van der Waals surface area contributed by atoms with Gasteiger partial charge in [0.1, 0.15) is 0 Å². The molecule has 10 heteroatoms. The van der Waals surface area contributed by atoms with Crippen molar-refractivity contribution in [2.24, 2.45) is 22.4 Å². The lowest BCUT2D eigenvalue weighted by Crippen LogP contribution is -2.44. The molecule has 2 unspecified atom stereocenters. The minimum absolute atomic E-state index is 0.0422. The van der Waals surface area contributed by atoms with Crippen LogP contribution >= 0.6 is 11.6 Å². The van der Waals surface area contributed by atoms with Crippen LogP contribution in [0.3, 0.4) is 0 Å². The van der Waals surface area contributed by atoms with Crippen LogP contribution in [0.4, 0.5) is 0 Å². The molecule has 0 aromatic heterocycles. The van der Waals surface area contributed by atoms with E-state index >= 15 is 0 Å². The first-order valence-corrected chi connectivity index (χ1v) is 17.5. The zero-order valence-corrected chi connectivity index (χ0v) is 28.9. The van der Waals surface area contributed by atoms with E-state index in [1.807, 2.05) is 52.0 Å². The van der Waals surface area contributed by atoms with E-state index in [2.05, 4.69) is 35.5 Å². The van der Waals surface area contributed by atoms with Crippen molar-refractivity contribution < 1.29 is 13.2 Å². The van der Waals surface area contributed by atoms with E-state index < -0.39 is 10.0 Å². The Morgan fingerprint density at radius 2 is 1.80 bits per heavy atom. The third kappa shape index (κ3) is 12.0. The van der Waals surface area contributed by atoms with Gasteiger partial charge in [0.2, 0.25) is 10.0 Å². The number of hydrogen-bond donors (Lipinski definition) is 2. The number of allylic oxidation sites excluding steroid dienone is 12. The van der Waals surface area contributed by atoms with Crippen molar-refractivity contribution in [1.82, 2.24) is 9.21 Å². The molecule has 1 saturated heterocycles. The largest absolute Gasteiger partial charge is 0.370 e. The fraction of sp³-hybridized carbons (Fsp3) is 0.333. The first-order chi connectivity index (χ1) is 22.1. The summed E-state index contributed by atoms with van der Waals surface area (Å²) in [6.07, 6.45) is 26.2. The van der Waals surface area contributed by atoms with Crippen LogP contribution in [0.1, 0.15) is 47.5 Å². The Bertz CT molecular complexity index is 1620. The number of nitrogens with two attached hydrogens (primary N) is 2. The number of amides is 1. The third-order valence-corrected chi connectivity index (χ3v) is 8.63. The van der Waals surface area contributed by atoms with Gasteiger partial charge in [0.05, 0.1) is 10.6 Å². The molecule has 4 N–H and O–H groups in total. The molecular weight excluding hydrogens is 618 g/mol. The van der Waals surface area contributed by atoms with Crippen molar-refractivity contribution in [3.05, 3.63) is 129 Å². The van der Waals surface area contributed by atoms with Gasteiger partial charge in [-0.05, 0) is 66.0 Å². The number of carbonyl (C=O) groups excluding carboxylic acids is 1. The highest BCUT2D eigenvalue weighted by Crippen LogP contribution is 2.24. The van der Waals surface area contributed by atoms with E-state index in [9.17, 15) is 13.2 Å². The van der Waals surface area contributed by atoms with Crippen molar-refractivity contribution >= 4 is 33.5 Å². The number of guanidine groups is 1. The molecule has 0 saturated carbocycles. The van der Waals surface area contributed by atoms with Gasteiger partial charge >= 0.3 is 0 Å². The number of halogens is 1. The summed E-state index contributed by atoms with van der Waals surface area (Å²) >= 11 is 5.97. The molecule has 0 bridgehead atoms. The number of sulfonamides is 1. The van der Waals surface area contributed by atoms with Gasteiger partial charge in [-0.2, -0.15) is 4.31 Å². The summed E-state index contributed by atoms with van der Waals surface area (Å²) in [6.45, 7) is 10.9. The SMILES string of the molecule is CC.CC.CC1C=CC=C(CN(C(=O)C2=C=C/C=C(/N=C(N)N)C/C=C\2)C2CCN(S(=O)(=O)/C=C/C3=CC=C=C(Cl)C=C3)C2)C=C1. The normalized spacial score (nSPS) is 22.5. The molecule has 1 amide bonds. The number of rotatable bonds is 8. The summed E-state index contributed by atoms with van der Waals surface area (Å²) in [5.74, 6) is -0.00574. The lowest BCUT2D eigenvalue weighted by atomic mass is 10.1. The molecular formula is C36H46ClN5O3S. The van der Waals surface area contributed by atoms with Gasteiger partial charge in [0.15, 0.2) is 5.96 Å². The monoisotopic (exact) mass is 663 g/mol. The smallest absolute Gasteiger partial charge is 0.262 e. The topological polar surface area (TPSA) is 122 Å². The molecule has 1 aliphatic heterocycles. The van der Waals surface area contributed by atoms with Gasteiger partial charge in [0, 0.05) is 43.2 Å². The molecule has 4 rings (SSSR count). The van der Waals surface area contributed by atoms with Crippen LogP contribution < -0.4 is 11.5 Å². The van der Waals surface area contributed by atoms with Gasteiger partial charge < -0.3 is 16.4 Å². The van der Waals surface area contributed by atoms with E-state index in [0.29, 0.717) is 47.8 Å². The summed E-state index contributed by atoms with van der Waals surface area (Å²) in [7, 11) is -3.73. The molecule has 2 atom stereocenters. The van der Waals surface area contributed by atoms with Crippen LogP contribution in [0.5, 0.6) is 0 Å². The Hall–Kier alpha value is -4.10. The Labute approximate surface area is 280 Å². The standard InChI is InChI=1S/C32H34ClN5O3S.2C2H6/c1-24-6-2-8-26(15-14-24)22-38(31(39)27-9-4-12-29(13-5-10-27)36-32(34)35)30-18-20-37(23-30)42(40,41)21-19-25-7-3-11-28(33)17-16-25;2*1-2/h2-9,13-17,19,21,24,30H,12,18,20,22-23H2,1H3,(H4,34,35,36);2*1-2H3/b9-4-,21-19+,29-13+;;. The van der Waals surface area contributed by atoms with Crippen molar-refractivity contribution in [2.45, 2.75) is 53.5 Å². The van der Waals surface area contributed by atoms with E-state index in [0.717, 1.165) is 5.57 Å². The van der Waals surface area contributed by atoms with E-state index in [4.69, 9.17) is 23.1 Å². The third-order valence-electron chi connectivity index (χ3n) is 6.86. The highest BCUT2D eigenvalue weighted by atomic mass is 35.5. The zero-order valence-electron chi connectivity index (χ0n) is 27.4. The molecule has 0 radical (unpaired) electrons. The van der Waals surface area contributed by atoms with Gasteiger partial charge in [0.25, 0.3) is 5.91 Å². The summed E-state index contributed by atoms with van der Waals surface area (Å²) in [6, 6.07) is -0.330. The predicted molar refractivity (Wildman–Crippen MR) is 192 cm³/mol. The van der Waals surface area contributed by atoms with Crippen LogP contribution in [-0.2, 0) is 14.8 Å². The van der Waals surface area contributed by atoms with Gasteiger partial charge in [-0.1, -0.05) is 88.8 Å². The van der Waals surface area contributed by atoms with Gasteiger partial charge in [-0.25, -0.2) is 13.4 Å². The van der Waals surface area contributed by atoms with Crippen LogP contribution in [0.25, 0.3) is 0 Å². The van der Waals surface area contributed by atoms with E-state index in [1.54, 1.807) is 47.4 Å². The Morgan fingerprint density at radius 3 is 2.54 bits per heavy atom. The molecule has 4 aliphatic rings. The highest BCUT2D eigenvalue weighted by Gasteiger charge is 2.36. The predicted octanol–water partition coefficient (Wildman–Crippen LogP) is 6.45. The summed E-state index contributed by atoms with van der Waals surface area (Å²) < 4.78 is 27.9. The number of aliphatic imine (C=N–C) groups is 1. The second-order valence-corrected chi connectivity index (χ2v) is 12.3. The molecule has 46 heavy (non-hydrogen) atoms. The maximum Gasteiger partial charge on any atom is 0.262 e. The average molecular weight is 664 g/mol. The molecule has 0 spiro atoms. The summed E-state index contributed by atoms with van der Waals surface area (Å²) in [5, 5.41) is 1.62. The number of nitrogens with zero attached hydrogens (tertiary/aromatic N) is 3. The average Bonchev–Trinajstić information content (AvgIpc) is 3.32. The Morgan fingerprint density at radius 1 is 1.07 bits per heavy atom. The van der Waals surface area contributed by atoms with Crippen LogP contribution in [0.15, 0.2) is 134 Å². The van der Waals surface area contributed by atoms with E-state index in [-0.39, 0.29) is 30.4 Å². The Balaban J connectivity index is 0.00000177. The van der Waals surface area contributed by atoms with Crippen LogP contribution in [-0.4, -0.2) is 55.2 Å². The number of hydrogen-bond acceptors (Lipinski definition) is 4. The van der Waals surface area contributed by atoms with E-state index in [1.165, 1.54) is 15.8 Å². The quantitative estimate of drug-likeness (QED) is 0.176. The Kier molecular flexibility index (Phi) is 16.1. The fourth-order valence-corrected chi connectivity index (χ4v) is 6.01. The first-order valence-electron chi connectivity index (χ1n) is 15.6. The molecule has 8 nitrogen and oxygen atoms in total. The second-order valence-electron chi connectivity index (χ2n) is 10.1. The van der Waals surface area contributed by atoms with Crippen LogP contribution in [0.2, 0.25) is 0 Å². The second kappa shape index (κ2) is 19.4. The molecule has 246 valence electrons. The van der Waals surface area contributed by atoms with Crippen molar-refractivity contribution in [1.29, 1.82) is 0 Å². The zero-order chi connectivity index (χ0) is 34.1. The summed E-state index contributed by atoms with van der Waals surface area (Å²) in [4.78, 5) is 19.8. The molecule has 0 aromatic rings. The molecule has 0 aromatic carbocycles. The fourth-order valence-electron chi connectivity index (χ4n) is 4.64. The first kappa shape index (κ1) is 38.1. The number of carbonyl (C=O) groups is 1. The van der Waals surface area contributed by atoms with Gasteiger partial charge in [-0.15, -0.1) is 11.5 Å². The minimum Gasteiger partial charge on any atom is -0.370 e. The minimum atomic E-state index is -3.73. The summed E-state index contributed by atoms with van der Waals surface area (Å²) in [5.41, 5.74) is 19.5. The lowest BCUT2D eigenvalue weighted by molar-refractivity contribution is -0.128. The van der Waals surface area contributed by atoms with Crippen molar-refractivity contribution in [2.75, 3.05) is 19.6 Å². The molecule has 1 heterocycles.